The highest BCUT2D eigenvalue weighted by atomic mass is 16.6. The second-order valence-corrected chi connectivity index (χ2v) is 25.3. The first-order valence-corrected chi connectivity index (χ1v) is 38.1. The molecule has 0 heterocycles. The maximum absolute atomic E-state index is 12.4. The molecule has 0 aromatic heterocycles. The fraction of sp³-hybridized carbons (Fsp3) is 0.735. The molecule has 1 N–H and O–H groups in total. The van der Waals surface area contributed by atoms with Crippen molar-refractivity contribution in [2.75, 3.05) is 13.2 Å². The Morgan fingerprint density at radius 2 is 0.455 bits per heavy atom. The van der Waals surface area contributed by atoms with Crippen LogP contribution < -0.4 is 0 Å². The lowest BCUT2D eigenvalue weighted by molar-refractivity contribution is -0.161. The third kappa shape index (κ3) is 74.8. The number of carbonyl (C=O) groups is 2. The van der Waals surface area contributed by atoms with Crippen molar-refractivity contribution in [1.82, 2.24) is 0 Å². The molecule has 0 amide bonds. The minimum absolute atomic E-state index is 0.0656. The highest BCUT2D eigenvalue weighted by molar-refractivity contribution is 5.70. The molecule has 5 heteroatoms. The van der Waals surface area contributed by atoms with Crippen LogP contribution in [0.25, 0.3) is 0 Å². The van der Waals surface area contributed by atoms with Crippen molar-refractivity contribution in [2.45, 2.75) is 380 Å². The lowest BCUT2D eigenvalue weighted by atomic mass is 10.0. The van der Waals surface area contributed by atoms with Crippen LogP contribution in [0.2, 0.25) is 0 Å². The van der Waals surface area contributed by atoms with Gasteiger partial charge in [-0.1, -0.05) is 379 Å². The van der Waals surface area contributed by atoms with Gasteiger partial charge in [-0.25, -0.2) is 0 Å². The molecule has 0 radical (unpaired) electrons. The first-order valence-electron chi connectivity index (χ1n) is 38.1. The minimum Gasteiger partial charge on any atom is -0.462 e. The number of aliphatic hydroxyl groups is 1. The van der Waals surface area contributed by atoms with Crippen LogP contribution >= 0.6 is 0 Å². The average Bonchev–Trinajstić information content (AvgIpc) is 3.56. The first-order chi connectivity index (χ1) is 43.6. The standard InChI is InChI=1S/C83H144O5/c1-3-5-7-9-11-13-15-17-19-21-23-25-27-29-31-33-35-37-38-39-40-41-42-43-44-46-47-49-51-53-55-57-59-61-63-65-67-69-71-73-75-77-82(85)87-80-81(79-84)88-83(86)78-76-74-72-70-68-66-64-62-60-58-56-54-52-50-48-45-36-34-32-30-28-26-24-22-20-18-16-14-12-10-8-6-4-2/h5-8,11-14,17-20,23-26,30,32,36,45,81,84H,3-4,9-10,15-16,21-22,27-29,31,33-35,37-44,46-80H2,1-2H3/b7-5-,8-6-,13-11-,14-12-,19-17-,20-18-,25-23-,26-24-,32-30-,45-36-. The van der Waals surface area contributed by atoms with Crippen LogP contribution in [-0.2, 0) is 19.1 Å². The Morgan fingerprint density at radius 1 is 0.261 bits per heavy atom. The summed E-state index contributed by atoms with van der Waals surface area (Å²) in [4.78, 5) is 24.7. The number of esters is 2. The molecule has 0 aliphatic rings. The SMILES string of the molecule is CC/C=C\C/C=C\C/C=C\C/C=C\C/C=C\C/C=C\CCCCCCCCCCCCCCCCC(=O)OC(CO)COC(=O)CCCCCCCCCCCCCCCCCCCCCCCCCCCCCC/C=C\C/C=C\C/C=C\C/C=C\CC. The van der Waals surface area contributed by atoms with Gasteiger partial charge in [-0.15, -0.1) is 0 Å². The highest BCUT2D eigenvalue weighted by Crippen LogP contribution is 2.19. The molecule has 0 bridgehead atoms. The average molecular weight is 1220 g/mol. The monoisotopic (exact) mass is 1220 g/mol. The van der Waals surface area contributed by atoms with Crippen LogP contribution in [0.4, 0.5) is 0 Å². The zero-order valence-corrected chi connectivity index (χ0v) is 58.2. The first kappa shape index (κ1) is 84.3. The maximum Gasteiger partial charge on any atom is 0.306 e. The van der Waals surface area contributed by atoms with Crippen LogP contribution in [-0.4, -0.2) is 36.4 Å². The van der Waals surface area contributed by atoms with Crippen molar-refractivity contribution >= 4 is 11.9 Å². The van der Waals surface area contributed by atoms with E-state index in [0.717, 1.165) is 103 Å². The quantitative estimate of drug-likeness (QED) is 0.0373. The van der Waals surface area contributed by atoms with Gasteiger partial charge >= 0.3 is 11.9 Å². The topological polar surface area (TPSA) is 72.8 Å². The van der Waals surface area contributed by atoms with Crippen LogP contribution in [0.1, 0.15) is 373 Å². The van der Waals surface area contributed by atoms with Gasteiger partial charge in [0.2, 0.25) is 0 Å². The minimum atomic E-state index is -0.778. The molecule has 1 atom stereocenters. The van der Waals surface area contributed by atoms with E-state index in [1.807, 2.05) is 0 Å². The largest absolute Gasteiger partial charge is 0.462 e. The predicted molar refractivity (Wildman–Crippen MR) is 389 cm³/mol. The second kappa shape index (κ2) is 77.5. The molecule has 0 rings (SSSR count). The van der Waals surface area contributed by atoms with Gasteiger partial charge in [0, 0.05) is 12.8 Å². The number of ether oxygens (including phenoxy) is 2. The van der Waals surface area contributed by atoms with Crippen LogP contribution in [0.3, 0.4) is 0 Å². The Balaban J connectivity index is 3.41. The van der Waals surface area contributed by atoms with E-state index in [1.165, 1.54) is 244 Å². The molecule has 0 aromatic carbocycles. The van der Waals surface area contributed by atoms with Crippen molar-refractivity contribution in [2.24, 2.45) is 0 Å². The summed E-state index contributed by atoms with van der Waals surface area (Å²) in [5.74, 6) is -0.577. The Labute approximate surface area is 547 Å². The Hall–Kier alpha value is -3.70. The van der Waals surface area contributed by atoms with Gasteiger partial charge < -0.3 is 14.6 Å². The fourth-order valence-corrected chi connectivity index (χ4v) is 11.1. The van der Waals surface area contributed by atoms with Gasteiger partial charge in [-0.05, 0) is 103 Å². The summed E-state index contributed by atoms with van der Waals surface area (Å²) < 4.78 is 10.8. The number of carbonyl (C=O) groups excluding carboxylic acids is 2. The van der Waals surface area contributed by atoms with Gasteiger partial charge in [0.25, 0.3) is 0 Å². The van der Waals surface area contributed by atoms with E-state index >= 15 is 0 Å². The second-order valence-electron chi connectivity index (χ2n) is 25.3. The van der Waals surface area contributed by atoms with E-state index in [4.69, 9.17) is 9.47 Å². The molecule has 0 fully saturated rings. The van der Waals surface area contributed by atoms with Gasteiger partial charge in [-0.3, -0.25) is 9.59 Å². The van der Waals surface area contributed by atoms with Crippen molar-refractivity contribution in [3.8, 4) is 0 Å². The normalized spacial score (nSPS) is 12.9. The van der Waals surface area contributed by atoms with Crippen LogP contribution in [0.5, 0.6) is 0 Å². The van der Waals surface area contributed by atoms with Crippen molar-refractivity contribution < 1.29 is 24.2 Å². The van der Waals surface area contributed by atoms with Crippen LogP contribution in [0.15, 0.2) is 122 Å². The molecule has 0 aliphatic carbocycles. The van der Waals surface area contributed by atoms with Crippen LogP contribution in [0, 0.1) is 0 Å². The summed E-state index contributed by atoms with van der Waals surface area (Å²) in [5, 5.41) is 9.72. The molecule has 1 unspecified atom stereocenters. The molecule has 0 saturated carbocycles. The number of hydrogen-bond donors (Lipinski definition) is 1. The van der Waals surface area contributed by atoms with Gasteiger partial charge in [0.15, 0.2) is 6.10 Å². The van der Waals surface area contributed by atoms with Gasteiger partial charge in [0.05, 0.1) is 6.61 Å². The molecule has 0 aliphatic heterocycles. The third-order valence-corrected chi connectivity index (χ3v) is 16.8. The van der Waals surface area contributed by atoms with Crippen molar-refractivity contribution in [3.63, 3.8) is 0 Å². The summed E-state index contributed by atoms with van der Waals surface area (Å²) in [6.45, 7) is 3.95. The number of hydrogen-bond acceptors (Lipinski definition) is 5. The molecule has 506 valence electrons. The van der Waals surface area contributed by atoms with E-state index in [-0.39, 0.29) is 25.2 Å². The van der Waals surface area contributed by atoms with E-state index in [0.29, 0.717) is 12.8 Å². The lowest BCUT2D eigenvalue weighted by Crippen LogP contribution is -2.28. The van der Waals surface area contributed by atoms with E-state index in [2.05, 4.69) is 135 Å². The molecule has 0 saturated heterocycles. The summed E-state index contributed by atoms with van der Waals surface area (Å²) in [6.07, 6.45) is 114. The summed E-state index contributed by atoms with van der Waals surface area (Å²) in [5.41, 5.74) is 0. The number of rotatable bonds is 70. The molecule has 0 aromatic rings. The summed E-state index contributed by atoms with van der Waals surface area (Å²) in [6, 6.07) is 0. The molecular formula is C83H144O5. The summed E-state index contributed by atoms with van der Waals surface area (Å²) in [7, 11) is 0. The number of unbranched alkanes of at least 4 members (excludes halogenated alkanes) is 42. The van der Waals surface area contributed by atoms with E-state index in [1.54, 1.807) is 0 Å². The van der Waals surface area contributed by atoms with Crippen molar-refractivity contribution in [3.05, 3.63) is 122 Å². The van der Waals surface area contributed by atoms with E-state index < -0.39 is 6.10 Å². The molecule has 5 nitrogen and oxygen atoms in total. The zero-order valence-electron chi connectivity index (χ0n) is 58.2. The predicted octanol–water partition coefficient (Wildman–Crippen LogP) is 26.9. The Kier molecular flexibility index (Phi) is 74.3. The van der Waals surface area contributed by atoms with Crippen molar-refractivity contribution in [1.29, 1.82) is 0 Å². The number of allylic oxidation sites excluding steroid dienone is 20. The highest BCUT2D eigenvalue weighted by Gasteiger charge is 2.16. The zero-order chi connectivity index (χ0) is 63.3. The number of aliphatic hydroxyl groups excluding tert-OH is 1. The van der Waals surface area contributed by atoms with Gasteiger partial charge in [-0.2, -0.15) is 0 Å². The summed E-state index contributed by atoms with van der Waals surface area (Å²) >= 11 is 0. The fourth-order valence-electron chi connectivity index (χ4n) is 11.1. The smallest absolute Gasteiger partial charge is 0.306 e. The maximum atomic E-state index is 12.4. The lowest BCUT2D eigenvalue weighted by Gasteiger charge is -2.15. The van der Waals surface area contributed by atoms with Gasteiger partial charge in [0.1, 0.15) is 6.61 Å². The van der Waals surface area contributed by atoms with E-state index in [9.17, 15) is 14.7 Å². The Bertz CT molecular complexity index is 1720. The third-order valence-electron chi connectivity index (χ3n) is 16.8. The molecular weight excluding hydrogens is 1080 g/mol. The Morgan fingerprint density at radius 3 is 0.682 bits per heavy atom. The molecule has 0 spiro atoms. The molecule has 88 heavy (non-hydrogen) atoms.